The summed E-state index contributed by atoms with van der Waals surface area (Å²) in [6, 6.07) is 0. The predicted octanol–water partition coefficient (Wildman–Crippen LogP) is 3.71. The van der Waals surface area contributed by atoms with Crippen molar-refractivity contribution in [2.24, 2.45) is 10.8 Å². The van der Waals surface area contributed by atoms with E-state index in [0.29, 0.717) is 11.8 Å². The smallest absolute Gasteiger partial charge is 0.305 e. The fraction of sp³-hybridized carbons (Fsp3) is 0.786. The molecule has 1 aliphatic carbocycles. The van der Waals surface area contributed by atoms with Crippen molar-refractivity contribution in [3.05, 3.63) is 12.2 Å². The molecule has 0 aromatic carbocycles. The third kappa shape index (κ3) is 2.31. The molecule has 0 bridgehead atoms. The first-order chi connectivity index (χ1) is 7.33. The average molecular weight is 224 g/mol. The van der Waals surface area contributed by atoms with Crippen LogP contribution in [0.5, 0.6) is 0 Å². The fourth-order valence-electron chi connectivity index (χ4n) is 2.78. The molecule has 1 saturated carbocycles. The maximum Gasteiger partial charge on any atom is 0.305 e. The first kappa shape index (κ1) is 13.3. The number of carbonyl (C=O) groups is 1. The van der Waals surface area contributed by atoms with Crippen molar-refractivity contribution < 1.29 is 9.53 Å². The van der Waals surface area contributed by atoms with Gasteiger partial charge >= 0.3 is 5.97 Å². The minimum absolute atomic E-state index is 0.138. The summed E-state index contributed by atoms with van der Waals surface area (Å²) < 4.78 is 4.67. The van der Waals surface area contributed by atoms with Gasteiger partial charge in [0.1, 0.15) is 0 Å². The van der Waals surface area contributed by atoms with Gasteiger partial charge in [-0.15, -0.1) is 0 Å². The summed E-state index contributed by atoms with van der Waals surface area (Å²) >= 11 is 0. The molecule has 0 N–H and O–H groups in total. The first-order valence-corrected chi connectivity index (χ1v) is 6.08. The normalized spacial score (nSPS) is 27.8. The van der Waals surface area contributed by atoms with Gasteiger partial charge in [-0.1, -0.05) is 39.3 Å². The van der Waals surface area contributed by atoms with Gasteiger partial charge in [0.2, 0.25) is 0 Å². The lowest BCUT2D eigenvalue weighted by Gasteiger charge is -2.40. The zero-order chi connectivity index (χ0) is 12.4. The summed E-state index contributed by atoms with van der Waals surface area (Å²) in [6.45, 7) is 11.1. The lowest BCUT2D eigenvalue weighted by atomic mass is 9.64. The molecule has 2 heteroatoms. The molecule has 1 aliphatic rings. The number of carbonyl (C=O) groups excluding carboxylic acids is 1. The van der Waals surface area contributed by atoms with E-state index in [9.17, 15) is 4.79 Å². The Bertz CT molecular complexity index is 291. The van der Waals surface area contributed by atoms with Crippen molar-refractivity contribution in [1.29, 1.82) is 0 Å². The Morgan fingerprint density at radius 1 is 1.25 bits per heavy atom. The predicted molar refractivity (Wildman–Crippen MR) is 66.1 cm³/mol. The first-order valence-electron chi connectivity index (χ1n) is 6.08. The van der Waals surface area contributed by atoms with Crippen LogP contribution in [-0.2, 0) is 9.53 Å². The van der Waals surface area contributed by atoms with Crippen LogP contribution in [-0.4, -0.2) is 13.1 Å². The van der Waals surface area contributed by atoms with E-state index in [4.69, 9.17) is 0 Å². The minimum atomic E-state index is -0.138. The molecular weight excluding hydrogens is 200 g/mol. The highest BCUT2D eigenvalue weighted by molar-refractivity contribution is 5.69. The lowest BCUT2D eigenvalue weighted by molar-refractivity contribution is -0.140. The average Bonchev–Trinajstić information content (AvgIpc) is 2.50. The molecule has 0 aliphatic heterocycles. The number of allylic oxidation sites excluding steroid dienone is 1. The monoisotopic (exact) mass is 224 g/mol. The summed E-state index contributed by atoms with van der Waals surface area (Å²) in [5.74, 6) is -0.138. The summed E-state index contributed by atoms with van der Waals surface area (Å²) in [4.78, 5) is 11.1. The topological polar surface area (TPSA) is 26.3 Å². The van der Waals surface area contributed by atoms with Crippen LogP contribution in [0.25, 0.3) is 0 Å². The molecule has 0 amide bonds. The molecule has 1 rings (SSSR count). The Labute approximate surface area is 99.1 Å². The van der Waals surface area contributed by atoms with Crippen molar-refractivity contribution >= 4 is 5.97 Å². The zero-order valence-corrected chi connectivity index (χ0v) is 11.1. The van der Waals surface area contributed by atoms with E-state index in [1.807, 2.05) is 0 Å². The van der Waals surface area contributed by atoms with Gasteiger partial charge in [-0.05, 0) is 30.1 Å². The van der Waals surface area contributed by atoms with Gasteiger partial charge in [0.25, 0.3) is 0 Å². The van der Waals surface area contributed by atoms with E-state index in [2.05, 4.69) is 32.1 Å². The number of esters is 1. The molecule has 0 aromatic heterocycles. The van der Waals surface area contributed by atoms with Crippen LogP contribution in [0.3, 0.4) is 0 Å². The molecule has 1 fully saturated rings. The number of hydrogen-bond donors (Lipinski definition) is 0. The third-order valence-corrected chi connectivity index (χ3v) is 4.61. The molecule has 1 atom stereocenters. The van der Waals surface area contributed by atoms with E-state index in [0.717, 1.165) is 6.42 Å². The standard InChI is InChI=1S/C14H24O2/c1-11(7-8-12(15)16-5)14(4)10-6-9-13(14,2)3/h1,6-10H2,2-5H3. The van der Waals surface area contributed by atoms with Gasteiger partial charge in [0.05, 0.1) is 7.11 Å². The second-order valence-corrected chi connectivity index (χ2v) is 5.75. The van der Waals surface area contributed by atoms with Crippen LogP contribution in [0.1, 0.15) is 52.9 Å². The van der Waals surface area contributed by atoms with Crippen molar-refractivity contribution in [1.82, 2.24) is 0 Å². The van der Waals surface area contributed by atoms with Crippen LogP contribution >= 0.6 is 0 Å². The fourth-order valence-corrected chi connectivity index (χ4v) is 2.78. The SMILES string of the molecule is C=C(CCC(=O)OC)C1(C)CCCC1(C)C. The molecule has 16 heavy (non-hydrogen) atoms. The van der Waals surface area contributed by atoms with Crippen molar-refractivity contribution in [3.8, 4) is 0 Å². The van der Waals surface area contributed by atoms with Gasteiger partial charge in [-0.3, -0.25) is 4.79 Å². The highest BCUT2D eigenvalue weighted by atomic mass is 16.5. The number of methoxy groups -OCH3 is 1. The van der Waals surface area contributed by atoms with E-state index in [-0.39, 0.29) is 11.4 Å². The van der Waals surface area contributed by atoms with Crippen LogP contribution < -0.4 is 0 Å². The van der Waals surface area contributed by atoms with Crippen LogP contribution in [0, 0.1) is 10.8 Å². The Morgan fingerprint density at radius 3 is 2.31 bits per heavy atom. The van der Waals surface area contributed by atoms with Crippen molar-refractivity contribution in [3.63, 3.8) is 0 Å². The van der Waals surface area contributed by atoms with E-state index in [1.165, 1.54) is 31.9 Å². The third-order valence-electron chi connectivity index (χ3n) is 4.61. The van der Waals surface area contributed by atoms with E-state index in [1.54, 1.807) is 0 Å². The maximum absolute atomic E-state index is 11.1. The molecule has 0 aromatic rings. The zero-order valence-electron chi connectivity index (χ0n) is 11.1. The van der Waals surface area contributed by atoms with Gasteiger partial charge in [-0.25, -0.2) is 0 Å². The van der Waals surface area contributed by atoms with E-state index >= 15 is 0 Å². The summed E-state index contributed by atoms with van der Waals surface area (Å²) in [7, 11) is 1.44. The molecule has 92 valence electrons. The summed E-state index contributed by atoms with van der Waals surface area (Å²) in [6.07, 6.45) is 4.93. The highest BCUT2D eigenvalue weighted by Crippen LogP contribution is 2.56. The lowest BCUT2D eigenvalue weighted by Crippen LogP contribution is -2.31. The Balaban J connectivity index is 2.63. The van der Waals surface area contributed by atoms with Crippen molar-refractivity contribution in [2.75, 3.05) is 7.11 Å². The quantitative estimate of drug-likeness (QED) is 0.537. The molecule has 2 nitrogen and oxygen atoms in total. The molecule has 0 heterocycles. The molecular formula is C14H24O2. The second-order valence-electron chi connectivity index (χ2n) is 5.75. The van der Waals surface area contributed by atoms with Crippen molar-refractivity contribution in [2.45, 2.75) is 52.9 Å². The Morgan fingerprint density at radius 2 is 1.88 bits per heavy atom. The van der Waals surface area contributed by atoms with Gasteiger partial charge in [0, 0.05) is 6.42 Å². The Kier molecular flexibility index (Phi) is 3.82. The molecule has 0 saturated heterocycles. The van der Waals surface area contributed by atoms with E-state index < -0.39 is 0 Å². The highest BCUT2D eigenvalue weighted by Gasteiger charge is 2.46. The van der Waals surface area contributed by atoms with Crippen LogP contribution in [0.15, 0.2) is 12.2 Å². The molecule has 1 unspecified atom stereocenters. The summed E-state index contributed by atoms with van der Waals surface area (Å²) in [5.41, 5.74) is 1.70. The Hall–Kier alpha value is -0.790. The minimum Gasteiger partial charge on any atom is -0.469 e. The molecule has 0 radical (unpaired) electrons. The van der Waals surface area contributed by atoms with Crippen LogP contribution in [0.4, 0.5) is 0 Å². The molecule has 0 spiro atoms. The van der Waals surface area contributed by atoms with Gasteiger partial charge in [0.15, 0.2) is 0 Å². The number of hydrogen-bond acceptors (Lipinski definition) is 2. The maximum atomic E-state index is 11.1. The number of rotatable bonds is 4. The summed E-state index contributed by atoms with van der Waals surface area (Å²) in [5, 5.41) is 0. The van der Waals surface area contributed by atoms with Gasteiger partial charge < -0.3 is 4.74 Å². The van der Waals surface area contributed by atoms with Crippen LogP contribution in [0.2, 0.25) is 0 Å². The van der Waals surface area contributed by atoms with Gasteiger partial charge in [-0.2, -0.15) is 0 Å². The number of ether oxygens (including phenoxy) is 1. The largest absolute Gasteiger partial charge is 0.469 e. The second kappa shape index (κ2) is 4.60.